The molecule has 16 heavy (non-hydrogen) atoms. The minimum atomic E-state index is 0.345. The zero-order valence-corrected chi connectivity index (χ0v) is 8.75. The predicted molar refractivity (Wildman–Crippen MR) is 59.5 cm³/mol. The lowest BCUT2D eigenvalue weighted by Gasteiger charge is -2.07. The smallest absolute Gasteiger partial charge is 0.241 e. The van der Waals surface area contributed by atoms with E-state index in [1.54, 1.807) is 12.1 Å². The molecule has 82 valence electrons. The molecule has 2 rings (SSSR count). The first-order valence-electron chi connectivity index (χ1n) is 4.68. The van der Waals surface area contributed by atoms with Crippen LogP contribution in [0.5, 0.6) is 17.5 Å². The summed E-state index contributed by atoms with van der Waals surface area (Å²) >= 11 is 0. The van der Waals surface area contributed by atoms with Crippen molar-refractivity contribution in [2.45, 2.75) is 0 Å². The maximum Gasteiger partial charge on any atom is 0.241 e. The summed E-state index contributed by atoms with van der Waals surface area (Å²) in [6.45, 7) is 0. The van der Waals surface area contributed by atoms with Gasteiger partial charge in [-0.2, -0.15) is 4.98 Å². The molecule has 0 saturated heterocycles. The van der Waals surface area contributed by atoms with E-state index in [2.05, 4.69) is 9.97 Å². The van der Waals surface area contributed by atoms with Crippen molar-refractivity contribution in [2.75, 3.05) is 12.8 Å². The van der Waals surface area contributed by atoms with E-state index >= 15 is 0 Å². The fraction of sp³-hybridized carbons (Fsp3) is 0.0909. The zero-order chi connectivity index (χ0) is 11.4. The van der Waals surface area contributed by atoms with Crippen LogP contribution in [0.2, 0.25) is 0 Å². The van der Waals surface area contributed by atoms with Crippen molar-refractivity contribution in [3.63, 3.8) is 0 Å². The fourth-order valence-corrected chi connectivity index (χ4v) is 1.16. The largest absolute Gasteiger partial charge is 0.480 e. The van der Waals surface area contributed by atoms with Gasteiger partial charge in [-0.15, -0.1) is 0 Å². The molecule has 5 nitrogen and oxygen atoms in total. The Morgan fingerprint density at radius 1 is 1.12 bits per heavy atom. The maximum atomic E-state index is 5.73. The van der Waals surface area contributed by atoms with Crippen LogP contribution in [0.15, 0.2) is 36.7 Å². The lowest BCUT2D eigenvalue weighted by atomic mass is 10.3. The van der Waals surface area contributed by atoms with Gasteiger partial charge in [0.1, 0.15) is 0 Å². The van der Waals surface area contributed by atoms with Crippen LogP contribution >= 0.6 is 0 Å². The van der Waals surface area contributed by atoms with Crippen LogP contribution in [0.25, 0.3) is 0 Å². The third-order valence-electron chi connectivity index (χ3n) is 1.93. The first-order chi connectivity index (χ1) is 7.79. The lowest BCUT2D eigenvalue weighted by Crippen LogP contribution is -1.95. The minimum absolute atomic E-state index is 0.345. The Kier molecular flexibility index (Phi) is 2.86. The summed E-state index contributed by atoms with van der Waals surface area (Å²) in [5.74, 6) is 1.29. The third kappa shape index (κ3) is 2.20. The Morgan fingerprint density at radius 3 is 2.62 bits per heavy atom. The summed E-state index contributed by atoms with van der Waals surface area (Å²) in [6.07, 6.45) is 3.00. The number of nitrogens with zero attached hydrogens (tertiary/aromatic N) is 2. The Balaban J connectivity index is 2.24. The summed E-state index contributed by atoms with van der Waals surface area (Å²) in [5, 5.41) is 0. The zero-order valence-electron chi connectivity index (χ0n) is 8.75. The van der Waals surface area contributed by atoms with Gasteiger partial charge >= 0.3 is 0 Å². The van der Waals surface area contributed by atoms with Crippen molar-refractivity contribution in [3.05, 3.63) is 36.7 Å². The van der Waals surface area contributed by atoms with Crippen LogP contribution < -0.4 is 15.2 Å². The summed E-state index contributed by atoms with van der Waals surface area (Å²) in [5.41, 5.74) is 6.28. The molecule has 0 unspecified atom stereocenters. The Bertz CT molecular complexity index is 488. The average Bonchev–Trinajstić information content (AvgIpc) is 2.32. The van der Waals surface area contributed by atoms with Crippen LogP contribution in [0.3, 0.4) is 0 Å². The molecule has 1 aromatic heterocycles. The van der Waals surface area contributed by atoms with Gasteiger partial charge in [-0.1, -0.05) is 12.1 Å². The molecule has 0 radical (unpaired) electrons. The molecule has 0 bridgehead atoms. The molecule has 0 aliphatic carbocycles. The van der Waals surface area contributed by atoms with Gasteiger partial charge in [0, 0.05) is 0 Å². The highest BCUT2D eigenvalue weighted by molar-refractivity contribution is 5.52. The maximum absolute atomic E-state index is 5.73. The molecule has 1 aromatic carbocycles. The lowest BCUT2D eigenvalue weighted by molar-refractivity contribution is 0.380. The number of aromatic nitrogens is 2. The number of nitrogens with two attached hydrogens (primary N) is 1. The van der Waals surface area contributed by atoms with Gasteiger partial charge in [0.15, 0.2) is 5.75 Å². The Labute approximate surface area is 92.9 Å². The molecule has 2 aromatic rings. The Hall–Kier alpha value is -2.30. The molecule has 0 spiro atoms. The first-order valence-corrected chi connectivity index (χ1v) is 4.68. The number of methoxy groups -OCH3 is 1. The van der Waals surface area contributed by atoms with Gasteiger partial charge < -0.3 is 15.2 Å². The van der Waals surface area contributed by atoms with Crippen molar-refractivity contribution in [2.24, 2.45) is 0 Å². The number of anilines is 1. The second-order valence-corrected chi connectivity index (χ2v) is 3.04. The van der Waals surface area contributed by atoms with E-state index in [4.69, 9.17) is 15.2 Å². The van der Waals surface area contributed by atoms with E-state index in [-0.39, 0.29) is 0 Å². The number of para-hydroxylation sites is 2. The van der Waals surface area contributed by atoms with Crippen LogP contribution in [0.1, 0.15) is 0 Å². The normalized spacial score (nSPS) is 9.81. The quantitative estimate of drug-likeness (QED) is 0.794. The molecule has 2 N–H and O–H groups in total. The standard InChI is InChI=1S/C11H11N3O2/c1-15-10-6-13-7-11(14-10)16-9-5-3-2-4-8(9)12/h2-7H,12H2,1H3. The third-order valence-corrected chi connectivity index (χ3v) is 1.93. The van der Waals surface area contributed by atoms with E-state index in [1.165, 1.54) is 19.5 Å². The number of hydrogen-bond donors (Lipinski definition) is 1. The summed E-state index contributed by atoms with van der Waals surface area (Å²) < 4.78 is 10.4. The van der Waals surface area contributed by atoms with Gasteiger partial charge in [-0.3, -0.25) is 4.98 Å². The monoisotopic (exact) mass is 217 g/mol. The van der Waals surface area contributed by atoms with Crippen LogP contribution in [0, 0.1) is 0 Å². The predicted octanol–water partition coefficient (Wildman–Crippen LogP) is 1.86. The number of ether oxygens (including phenoxy) is 2. The van der Waals surface area contributed by atoms with Gasteiger partial charge in [-0.25, -0.2) is 0 Å². The molecule has 0 fully saturated rings. The molecule has 1 heterocycles. The van der Waals surface area contributed by atoms with Crippen molar-refractivity contribution < 1.29 is 9.47 Å². The van der Waals surface area contributed by atoms with Crippen molar-refractivity contribution in [1.29, 1.82) is 0 Å². The van der Waals surface area contributed by atoms with E-state index in [0.717, 1.165) is 0 Å². The highest BCUT2D eigenvalue weighted by Gasteiger charge is 2.03. The minimum Gasteiger partial charge on any atom is -0.480 e. The number of hydrogen-bond acceptors (Lipinski definition) is 5. The second-order valence-electron chi connectivity index (χ2n) is 3.04. The van der Waals surface area contributed by atoms with Gasteiger partial charge in [0.2, 0.25) is 11.8 Å². The highest BCUT2D eigenvalue weighted by Crippen LogP contribution is 2.25. The van der Waals surface area contributed by atoms with Crippen molar-refractivity contribution in [1.82, 2.24) is 9.97 Å². The topological polar surface area (TPSA) is 70.3 Å². The highest BCUT2D eigenvalue weighted by atomic mass is 16.5. The van der Waals surface area contributed by atoms with E-state index in [9.17, 15) is 0 Å². The summed E-state index contributed by atoms with van der Waals surface area (Å²) in [4.78, 5) is 7.99. The molecule has 0 aliphatic rings. The molecular formula is C11H11N3O2. The van der Waals surface area contributed by atoms with Crippen LogP contribution in [-0.2, 0) is 0 Å². The van der Waals surface area contributed by atoms with E-state index in [1.807, 2.05) is 12.1 Å². The van der Waals surface area contributed by atoms with Gasteiger partial charge in [0.25, 0.3) is 0 Å². The first kappa shape index (κ1) is 10.2. The van der Waals surface area contributed by atoms with Gasteiger partial charge in [-0.05, 0) is 12.1 Å². The van der Waals surface area contributed by atoms with Crippen molar-refractivity contribution >= 4 is 5.69 Å². The number of rotatable bonds is 3. The Morgan fingerprint density at radius 2 is 1.88 bits per heavy atom. The van der Waals surface area contributed by atoms with E-state index in [0.29, 0.717) is 23.2 Å². The molecule has 0 saturated carbocycles. The summed E-state index contributed by atoms with van der Waals surface area (Å²) in [6, 6.07) is 7.18. The average molecular weight is 217 g/mol. The molecule has 0 amide bonds. The number of benzene rings is 1. The SMILES string of the molecule is COc1cncc(Oc2ccccc2N)n1. The van der Waals surface area contributed by atoms with E-state index < -0.39 is 0 Å². The second kappa shape index (κ2) is 4.48. The van der Waals surface area contributed by atoms with Crippen LogP contribution in [0.4, 0.5) is 5.69 Å². The molecule has 0 atom stereocenters. The molecule has 5 heteroatoms. The number of nitrogen functional groups attached to an aromatic ring is 1. The molecule has 0 aliphatic heterocycles. The fourth-order valence-electron chi connectivity index (χ4n) is 1.16. The van der Waals surface area contributed by atoms with Crippen molar-refractivity contribution in [3.8, 4) is 17.5 Å². The summed E-state index contributed by atoms with van der Waals surface area (Å²) in [7, 11) is 1.52. The molecular weight excluding hydrogens is 206 g/mol. The van der Waals surface area contributed by atoms with Crippen LogP contribution in [-0.4, -0.2) is 17.1 Å². The van der Waals surface area contributed by atoms with Gasteiger partial charge in [0.05, 0.1) is 25.2 Å².